The summed E-state index contributed by atoms with van der Waals surface area (Å²) in [5.74, 6) is 1.33. The van der Waals surface area contributed by atoms with Gasteiger partial charge in [-0.3, -0.25) is 4.90 Å². The van der Waals surface area contributed by atoms with Crippen LogP contribution in [-0.4, -0.2) is 41.2 Å². The summed E-state index contributed by atoms with van der Waals surface area (Å²) in [6.45, 7) is 2.81. The summed E-state index contributed by atoms with van der Waals surface area (Å²) < 4.78 is 5.28. The van der Waals surface area contributed by atoms with Crippen LogP contribution in [0.2, 0.25) is 0 Å². The lowest BCUT2D eigenvalue weighted by Gasteiger charge is -2.34. The summed E-state index contributed by atoms with van der Waals surface area (Å²) in [5.41, 5.74) is 0.962. The lowest BCUT2D eigenvalue weighted by Crippen LogP contribution is -2.55. The highest BCUT2D eigenvalue weighted by atomic mass is 16.5. The molecule has 0 bridgehead atoms. The van der Waals surface area contributed by atoms with Crippen LogP contribution in [0.5, 0.6) is 0 Å². The summed E-state index contributed by atoms with van der Waals surface area (Å²) in [6.07, 6.45) is 0. The molecule has 1 aliphatic heterocycles. The van der Waals surface area contributed by atoms with E-state index in [1.807, 2.05) is 30.3 Å². The molecule has 1 fully saturated rings. The van der Waals surface area contributed by atoms with E-state index in [9.17, 15) is 0 Å². The van der Waals surface area contributed by atoms with Crippen molar-refractivity contribution < 1.29 is 4.52 Å². The smallest absolute Gasteiger partial charge is 0.257 e. The molecular formula is C13H16N4O. The van der Waals surface area contributed by atoms with Crippen molar-refractivity contribution >= 4 is 0 Å². The Morgan fingerprint density at radius 1 is 1.33 bits per heavy atom. The van der Waals surface area contributed by atoms with E-state index in [-0.39, 0.29) is 0 Å². The molecule has 0 spiro atoms. The van der Waals surface area contributed by atoms with Gasteiger partial charge in [0.05, 0.1) is 6.54 Å². The van der Waals surface area contributed by atoms with Gasteiger partial charge in [-0.05, 0) is 19.2 Å². The number of likely N-dealkylation sites (N-methyl/N-ethyl adjacent to an activating group) is 1. The Hall–Kier alpha value is -1.72. The monoisotopic (exact) mass is 244 g/mol. The van der Waals surface area contributed by atoms with Crippen molar-refractivity contribution in [3.8, 4) is 11.5 Å². The van der Waals surface area contributed by atoms with Crippen molar-refractivity contribution in [2.45, 2.75) is 12.6 Å². The minimum atomic E-state index is 0.587. The Morgan fingerprint density at radius 2 is 2.11 bits per heavy atom. The van der Waals surface area contributed by atoms with Crippen LogP contribution >= 0.6 is 0 Å². The average molecular weight is 244 g/mol. The van der Waals surface area contributed by atoms with E-state index in [2.05, 4.69) is 27.4 Å². The molecule has 2 aromatic rings. The third-order valence-corrected chi connectivity index (χ3v) is 3.26. The van der Waals surface area contributed by atoms with Gasteiger partial charge in [-0.1, -0.05) is 23.4 Å². The van der Waals surface area contributed by atoms with Crippen molar-refractivity contribution in [2.75, 3.05) is 20.1 Å². The first kappa shape index (κ1) is 11.4. The lowest BCUT2D eigenvalue weighted by atomic mass is 10.1. The second-order valence-corrected chi connectivity index (χ2v) is 4.61. The fraction of sp³-hybridized carbons (Fsp3) is 0.385. The van der Waals surface area contributed by atoms with Crippen molar-refractivity contribution in [3.63, 3.8) is 0 Å². The molecule has 1 N–H and O–H groups in total. The molecule has 0 unspecified atom stereocenters. The molecule has 94 valence electrons. The van der Waals surface area contributed by atoms with E-state index in [0.29, 0.717) is 11.9 Å². The van der Waals surface area contributed by atoms with Gasteiger partial charge in [0.1, 0.15) is 0 Å². The van der Waals surface area contributed by atoms with Crippen LogP contribution in [0.3, 0.4) is 0 Å². The number of benzene rings is 1. The number of nitrogens with one attached hydrogen (secondary N) is 1. The quantitative estimate of drug-likeness (QED) is 0.874. The van der Waals surface area contributed by atoms with E-state index in [1.165, 1.54) is 0 Å². The van der Waals surface area contributed by atoms with Gasteiger partial charge in [0, 0.05) is 24.7 Å². The molecule has 0 amide bonds. The van der Waals surface area contributed by atoms with Crippen LogP contribution in [0.25, 0.3) is 11.5 Å². The van der Waals surface area contributed by atoms with Crippen molar-refractivity contribution in [1.29, 1.82) is 0 Å². The molecule has 0 aliphatic carbocycles. The van der Waals surface area contributed by atoms with Gasteiger partial charge in [-0.15, -0.1) is 0 Å². The molecule has 5 heteroatoms. The van der Waals surface area contributed by atoms with Gasteiger partial charge >= 0.3 is 0 Å². The van der Waals surface area contributed by atoms with Gasteiger partial charge in [-0.2, -0.15) is 4.98 Å². The van der Waals surface area contributed by atoms with Gasteiger partial charge in [0.15, 0.2) is 5.82 Å². The first-order valence-electron chi connectivity index (χ1n) is 6.12. The largest absolute Gasteiger partial charge is 0.334 e. The van der Waals surface area contributed by atoms with E-state index in [1.54, 1.807) is 0 Å². The maximum absolute atomic E-state index is 5.28. The van der Waals surface area contributed by atoms with Crippen molar-refractivity contribution in [2.24, 2.45) is 0 Å². The average Bonchev–Trinajstić information content (AvgIpc) is 2.76. The lowest BCUT2D eigenvalue weighted by molar-refractivity contribution is 0.168. The molecule has 1 aliphatic rings. The van der Waals surface area contributed by atoms with Crippen LogP contribution in [0, 0.1) is 0 Å². The first-order valence-corrected chi connectivity index (χ1v) is 6.12. The van der Waals surface area contributed by atoms with Gasteiger partial charge in [-0.25, -0.2) is 0 Å². The SMILES string of the molecule is CN(Cc1noc(-c2ccccc2)n1)C1CNC1. The Bertz CT molecular complexity index is 507. The second kappa shape index (κ2) is 4.88. The molecule has 1 aromatic heterocycles. The van der Waals surface area contributed by atoms with E-state index in [0.717, 1.165) is 31.0 Å². The molecule has 0 saturated carbocycles. The highest BCUT2D eigenvalue weighted by molar-refractivity contribution is 5.51. The van der Waals surface area contributed by atoms with Gasteiger partial charge in [0.25, 0.3) is 5.89 Å². The molecular weight excluding hydrogens is 228 g/mol. The van der Waals surface area contributed by atoms with E-state index < -0.39 is 0 Å². The van der Waals surface area contributed by atoms with Gasteiger partial charge < -0.3 is 9.84 Å². The van der Waals surface area contributed by atoms with Crippen molar-refractivity contribution in [3.05, 3.63) is 36.2 Å². The number of hydrogen-bond acceptors (Lipinski definition) is 5. The molecule has 18 heavy (non-hydrogen) atoms. The topological polar surface area (TPSA) is 54.2 Å². The second-order valence-electron chi connectivity index (χ2n) is 4.61. The fourth-order valence-corrected chi connectivity index (χ4v) is 1.95. The predicted molar refractivity (Wildman–Crippen MR) is 67.9 cm³/mol. The zero-order valence-electron chi connectivity index (χ0n) is 10.3. The molecule has 5 nitrogen and oxygen atoms in total. The molecule has 1 saturated heterocycles. The third-order valence-electron chi connectivity index (χ3n) is 3.26. The highest BCUT2D eigenvalue weighted by Gasteiger charge is 2.22. The number of nitrogens with zero attached hydrogens (tertiary/aromatic N) is 3. The van der Waals surface area contributed by atoms with Crippen LogP contribution in [0.15, 0.2) is 34.9 Å². The van der Waals surface area contributed by atoms with Crippen LogP contribution in [0.1, 0.15) is 5.82 Å². The zero-order chi connectivity index (χ0) is 12.4. The summed E-state index contributed by atoms with van der Waals surface area (Å²) in [4.78, 5) is 6.67. The number of aromatic nitrogens is 2. The summed E-state index contributed by atoms with van der Waals surface area (Å²) in [5, 5.41) is 7.28. The summed E-state index contributed by atoms with van der Waals surface area (Å²) in [7, 11) is 2.09. The van der Waals surface area contributed by atoms with Crippen LogP contribution in [0.4, 0.5) is 0 Å². The van der Waals surface area contributed by atoms with E-state index >= 15 is 0 Å². The molecule has 0 atom stereocenters. The number of rotatable bonds is 4. The third kappa shape index (κ3) is 2.27. The fourth-order valence-electron chi connectivity index (χ4n) is 1.95. The standard InChI is InChI=1S/C13H16N4O/c1-17(11-7-14-8-11)9-12-15-13(18-16-12)10-5-3-2-4-6-10/h2-6,11,14H,7-9H2,1H3. The van der Waals surface area contributed by atoms with Crippen LogP contribution in [-0.2, 0) is 6.54 Å². The molecule has 0 radical (unpaired) electrons. The van der Waals surface area contributed by atoms with Gasteiger partial charge in [0.2, 0.25) is 0 Å². The van der Waals surface area contributed by atoms with Crippen molar-refractivity contribution in [1.82, 2.24) is 20.4 Å². The Labute approximate surface area is 106 Å². The summed E-state index contributed by atoms with van der Waals surface area (Å²) in [6, 6.07) is 10.4. The maximum Gasteiger partial charge on any atom is 0.257 e. The van der Waals surface area contributed by atoms with Crippen LogP contribution < -0.4 is 5.32 Å². The minimum absolute atomic E-state index is 0.587. The number of hydrogen-bond donors (Lipinski definition) is 1. The first-order chi connectivity index (χ1) is 8.83. The summed E-state index contributed by atoms with van der Waals surface area (Å²) >= 11 is 0. The zero-order valence-corrected chi connectivity index (χ0v) is 10.3. The minimum Gasteiger partial charge on any atom is -0.334 e. The molecule has 1 aromatic carbocycles. The Kier molecular flexibility index (Phi) is 3.08. The predicted octanol–water partition coefficient (Wildman–Crippen LogP) is 1.14. The maximum atomic E-state index is 5.28. The molecule has 3 rings (SSSR count). The Morgan fingerprint density at radius 3 is 2.78 bits per heavy atom. The Balaban J connectivity index is 1.69. The molecule has 2 heterocycles. The van der Waals surface area contributed by atoms with E-state index in [4.69, 9.17) is 4.52 Å². The normalized spacial score (nSPS) is 15.9. The highest BCUT2D eigenvalue weighted by Crippen LogP contribution is 2.17.